The molecule has 0 aliphatic carbocycles. The number of nitrogens with one attached hydrogen (secondary N) is 2. The predicted molar refractivity (Wildman–Crippen MR) is 105 cm³/mol. The molecule has 2 aromatic rings. The van der Waals surface area contributed by atoms with E-state index in [2.05, 4.69) is 17.4 Å². The van der Waals surface area contributed by atoms with Crippen molar-refractivity contribution in [3.05, 3.63) is 48.0 Å². The number of amides is 2. The Labute approximate surface area is 164 Å². The molecule has 0 aromatic heterocycles. The minimum absolute atomic E-state index is 0.0497. The Bertz CT molecular complexity index is 817. The number of carbonyl (C=O) groups excluding carboxylic acids is 1. The van der Waals surface area contributed by atoms with E-state index in [1.807, 2.05) is 42.2 Å². The molecule has 0 bridgehead atoms. The first kappa shape index (κ1) is 18.4. The molecule has 2 N–H and O–H groups in total. The molecule has 2 heterocycles. The van der Waals surface area contributed by atoms with Crippen LogP contribution in [-0.4, -0.2) is 50.5 Å². The number of quaternary nitrogens is 1. The van der Waals surface area contributed by atoms with E-state index in [9.17, 15) is 4.79 Å². The molecule has 0 unspecified atom stereocenters. The number of benzene rings is 2. The number of anilines is 1. The standard InChI is InChI=1S/C21H25N3O4/c1-2-26-18-6-4-17(5-7-18)22-21(25)24-11-9-23(10-12-24)14-16-3-8-19-20(13-16)28-15-27-19/h3-8,13H,2,9-12,14-15H2,1H3,(H,22,25)/p+1. The second-order valence-corrected chi connectivity index (χ2v) is 6.99. The zero-order chi connectivity index (χ0) is 19.3. The van der Waals surface area contributed by atoms with Crippen molar-refractivity contribution in [2.24, 2.45) is 0 Å². The predicted octanol–water partition coefficient (Wildman–Crippen LogP) is 1.75. The lowest BCUT2D eigenvalue weighted by molar-refractivity contribution is -0.917. The van der Waals surface area contributed by atoms with Crippen molar-refractivity contribution in [3.63, 3.8) is 0 Å². The first-order valence-electron chi connectivity index (χ1n) is 9.72. The minimum Gasteiger partial charge on any atom is -0.494 e. The largest absolute Gasteiger partial charge is 0.494 e. The first-order chi connectivity index (χ1) is 13.7. The van der Waals surface area contributed by atoms with E-state index in [0.717, 1.165) is 55.7 Å². The molecule has 4 rings (SSSR count). The molecule has 0 spiro atoms. The van der Waals surface area contributed by atoms with Gasteiger partial charge >= 0.3 is 6.03 Å². The summed E-state index contributed by atoms with van der Waals surface area (Å²) in [5.41, 5.74) is 2.01. The van der Waals surface area contributed by atoms with E-state index in [-0.39, 0.29) is 6.03 Å². The molecule has 7 nitrogen and oxygen atoms in total. The Morgan fingerprint density at radius 2 is 1.86 bits per heavy atom. The van der Waals surface area contributed by atoms with Crippen LogP contribution < -0.4 is 24.4 Å². The van der Waals surface area contributed by atoms with Crippen molar-refractivity contribution in [1.82, 2.24) is 4.90 Å². The summed E-state index contributed by atoms with van der Waals surface area (Å²) in [5.74, 6) is 2.45. The third-order valence-electron chi connectivity index (χ3n) is 5.07. The molecule has 1 fully saturated rings. The lowest BCUT2D eigenvalue weighted by atomic mass is 10.1. The number of urea groups is 1. The molecule has 2 aromatic carbocycles. The van der Waals surface area contributed by atoms with Crippen molar-refractivity contribution in [2.75, 3.05) is 44.9 Å². The second-order valence-electron chi connectivity index (χ2n) is 6.99. The van der Waals surface area contributed by atoms with Crippen LogP contribution in [0.5, 0.6) is 17.2 Å². The molecule has 0 atom stereocenters. The summed E-state index contributed by atoms with van der Waals surface area (Å²) in [6.07, 6.45) is 0. The van der Waals surface area contributed by atoms with Gasteiger partial charge in [-0.25, -0.2) is 4.79 Å². The third-order valence-corrected chi connectivity index (χ3v) is 5.07. The van der Waals surface area contributed by atoms with Gasteiger partial charge in [0, 0.05) is 11.3 Å². The lowest BCUT2D eigenvalue weighted by Crippen LogP contribution is -3.13. The highest BCUT2D eigenvalue weighted by atomic mass is 16.7. The van der Waals surface area contributed by atoms with Crippen LogP contribution in [0.1, 0.15) is 12.5 Å². The molecule has 7 heteroatoms. The summed E-state index contributed by atoms with van der Waals surface area (Å²) in [6.45, 7) is 7.12. The van der Waals surface area contributed by atoms with E-state index in [1.165, 1.54) is 10.5 Å². The average molecular weight is 384 g/mol. The summed E-state index contributed by atoms with van der Waals surface area (Å²) in [5, 5.41) is 2.97. The number of carbonyl (C=O) groups is 1. The summed E-state index contributed by atoms with van der Waals surface area (Å²) >= 11 is 0. The van der Waals surface area contributed by atoms with Gasteiger partial charge in [0.2, 0.25) is 6.79 Å². The monoisotopic (exact) mass is 384 g/mol. The first-order valence-corrected chi connectivity index (χ1v) is 9.72. The highest BCUT2D eigenvalue weighted by Gasteiger charge is 2.24. The molecule has 28 heavy (non-hydrogen) atoms. The maximum absolute atomic E-state index is 12.5. The maximum Gasteiger partial charge on any atom is 0.322 e. The SMILES string of the molecule is CCOc1ccc(NC(=O)N2CC[NH+](Cc3ccc4c(c3)OCO4)CC2)cc1. The fourth-order valence-corrected chi connectivity index (χ4v) is 3.55. The van der Waals surface area contributed by atoms with Gasteiger partial charge in [-0.1, -0.05) is 0 Å². The van der Waals surface area contributed by atoms with Crippen LogP contribution in [0.15, 0.2) is 42.5 Å². The Hall–Kier alpha value is -2.93. The fraction of sp³-hybridized carbons (Fsp3) is 0.381. The smallest absolute Gasteiger partial charge is 0.322 e. The van der Waals surface area contributed by atoms with Gasteiger partial charge in [-0.2, -0.15) is 0 Å². The van der Waals surface area contributed by atoms with Crippen LogP contribution in [-0.2, 0) is 6.54 Å². The van der Waals surface area contributed by atoms with Crippen molar-refractivity contribution in [3.8, 4) is 17.2 Å². The van der Waals surface area contributed by atoms with Crippen LogP contribution in [0, 0.1) is 0 Å². The van der Waals surface area contributed by atoms with Gasteiger partial charge in [0.25, 0.3) is 0 Å². The number of fused-ring (bicyclic) bond motifs is 1. The van der Waals surface area contributed by atoms with Gasteiger partial charge in [0.1, 0.15) is 12.3 Å². The van der Waals surface area contributed by atoms with Crippen LogP contribution in [0.25, 0.3) is 0 Å². The van der Waals surface area contributed by atoms with Crippen LogP contribution in [0.4, 0.5) is 10.5 Å². The van der Waals surface area contributed by atoms with E-state index < -0.39 is 0 Å². The van der Waals surface area contributed by atoms with Gasteiger partial charge in [-0.05, 0) is 49.4 Å². The number of ether oxygens (including phenoxy) is 3. The Kier molecular flexibility index (Phi) is 5.53. The topological polar surface area (TPSA) is 64.5 Å². The van der Waals surface area contributed by atoms with E-state index in [4.69, 9.17) is 14.2 Å². The van der Waals surface area contributed by atoms with E-state index >= 15 is 0 Å². The van der Waals surface area contributed by atoms with Crippen molar-refractivity contribution in [2.45, 2.75) is 13.5 Å². The summed E-state index contributed by atoms with van der Waals surface area (Å²) < 4.78 is 16.2. The van der Waals surface area contributed by atoms with Crippen molar-refractivity contribution >= 4 is 11.7 Å². The van der Waals surface area contributed by atoms with E-state index in [1.54, 1.807) is 0 Å². The Morgan fingerprint density at radius 1 is 1.11 bits per heavy atom. The molecular formula is C21H26N3O4+. The maximum atomic E-state index is 12.5. The molecule has 2 aliphatic heterocycles. The third kappa shape index (κ3) is 4.31. The summed E-state index contributed by atoms with van der Waals surface area (Å²) in [6, 6.07) is 13.5. The molecule has 2 aliphatic rings. The fourth-order valence-electron chi connectivity index (χ4n) is 3.55. The van der Waals surface area contributed by atoms with Gasteiger partial charge in [-0.15, -0.1) is 0 Å². The van der Waals surface area contributed by atoms with Gasteiger partial charge in [0.05, 0.1) is 32.8 Å². The second kappa shape index (κ2) is 8.39. The zero-order valence-corrected chi connectivity index (χ0v) is 16.1. The zero-order valence-electron chi connectivity index (χ0n) is 16.1. The number of hydrogen-bond acceptors (Lipinski definition) is 4. The number of piperazine rings is 1. The van der Waals surface area contributed by atoms with Crippen molar-refractivity contribution in [1.29, 1.82) is 0 Å². The summed E-state index contributed by atoms with van der Waals surface area (Å²) in [4.78, 5) is 15.9. The summed E-state index contributed by atoms with van der Waals surface area (Å²) in [7, 11) is 0. The van der Waals surface area contributed by atoms with Crippen LogP contribution >= 0.6 is 0 Å². The van der Waals surface area contributed by atoms with Crippen LogP contribution in [0.3, 0.4) is 0 Å². The minimum atomic E-state index is -0.0497. The Morgan fingerprint density at radius 3 is 2.61 bits per heavy atom. The number of rotatable bonds is 5. The molecule has 0 radical (unpaired) electrons. The number of nitrogens with zero attached hydrogens (tertiary/aromatic N) is 1. The highest BCUT2D eigenvalue weighted by Crippen LogP contribution is 2.32. The molecule has 148 valence electrons. The normalized spacial score (nSPS) is 16.1. The average Bonchev–Trinajstić information content (AvgIpc) is 3.18. The molecule has 0 saturated carbocycles. The number of hydrogen-bond donors (Lipinski definition) is 2. The van der Waals surface area contributed by atoms with E-state index in [0.29, 0.717) is 13.4 Å². The van der Waals surface area contributed by atoms with Crippen LogP contribution in [0.2, 0.25) is 0 Å². The van der Waals surface area contributed by atoms with Gasteiger partial charge in [-0.3, -0.25) is 0 Å². The highest BCUT2D eigenvalue weighted by molar-refractivity contribution is 5.89. The molecule has 1 saturated heterocycles. The molecular weight excluding hydrogens is 358 g/mol. The van der Waals surface area contributed by atoms with Gasteiger partial charge in [0.15, 0.2) is 11.5 Å². The van der Waals surface area contributed by atoms with Crippen molar-refractivity contribution < 1.29 is 23.9 Å². The Balaban J connectivity index is 1.26. The quantitative estimate of drug-likeness (QED) is 0.824. The lowest BCUT2D eigenvalue weighted by Gasteiger charge is -2.32. The molecule has 2 amide bonds. The van der Waals surface area contributed by atoms with Gasteiger partial charge < -0.3 is 29.3 Å².